The van der Waals surface area contributed by atoms with Gasteiger partial charge in [-0.1, -0.05) is 30.3 Å². The van der Waals surface area contributed by atoms with E-state index in [9.17, 15) is 0 Å². The molecule has 0 N–H and O–H groups in total. The monoisotopic (exact) mass is 282 g/mol. The van der Waals surface area contributed by atoms with Crippen LogP contribution in [-0.4, -0.2) is 9.97 Å². The number of aromatic nitrogens is 2. The molecular formula is C15H10N2S2. The predicted octanol–water partition coefficient (Wildman–Crippen LogP) is 4.88. The summed E-state index contributed by atoms with van der Waals surface area (Å²) in [6, 6.07) is 14.6. The van der Waals surface area contributed by atoms with Crippen molar-refractivity contribution in [2.24, 2.45) is 0 Å². The van der Waals surface area contributed by atoms with Crippen LogP contribution in [-0.2, 0) is 0 Å². The van der Waals surface area contributed by atoms with Crippen LogP contribution in [0.5, 0.6) is 0 Å². The van der Waals surface area contributed by atoms with Gasteiger partial charge in [0.05, 0.1) is 25.4 Å². The first-order valence-corrected chi connectivity index (χ1v) is 7.66. The number of thiazole rings is 2. The molecule has 2 heterocycles. The molecule has 0 bridgehead atoms. The molecule has 0 atom stereocenters. The van der Waals surface area contributed by atoms with Crippen LogP contribution in [0.25, 0.3) is 31.0 Å². The Balaban J connectivity index is 1.96. The molecule has 2 aromatic heterocycles. The van der Waals surface area contributed by atoms with E-state index in [1.807, 2.05) is 25.1 Å². The van der Waals surface area contributed by atoms with Crippen LogP contribution < -0.4 is 0 Å². The zero-order valence-electron chi connectivity index (χ0n) is 10.3. The molecule has 0 saturated carbocycles. The third kappa shape index (κ3) is 1.84. The molecule has 0 saturated heterocycles. The first-order chi connectivity index (χ1) is 9.29. The highest BCUT2D eigenvalue weighted by atomic mass is 32.1. The Morgan fingerprint density at radius 2 is 1.58 bits per heavy atom. The molecule has 0 aliphatic carbocycles. The van der Waals surface area contributed by atoms with Crippen LogP contribution in [0.4, 0.5) is 0 Å². The average molecular weight is 282 g/mol. The number of fused-ring (bicyclic) bond motifs is 2. The summed E-state index contributed by atoms with van der Waals surface area (Å²) in [6.07, 6.45) is 0. The largest absolute Gasteiger partial charge is 0.241 e. The molecule has 2 aromatic carbocycles. The second-order valence-corrected chi connectivity index (χ2v) is 6.67. The number of hydrogen-bond acceptors (Lipinski definition) is 4. The smallest absolute Gasteiger partial charge is 0.124 e. The zero-order chi connectivity index (χ0) is 12.8. The quantitative estimate of drug-likeness (QED) is 0.497. The van der Waals surface area contributed by atoms with Crippen molar-refractivity contribution in [3.05, 3.63) is 47.5 Å². The Bertz CT molecular complexity index is 824. The number of hydrogen-bond donors (Lipinski definition) is 0. The summed E-state index contributed by atoms with van der Waals surface area (Å²) in [5, 5.41) is 2.18. The fourth-order valence-corrected chi connectivity index (χ4v) is 4.08. The van der Waals surface area contributed by atoms with Crippen molar-refractivity contribution in [3.8, 4) is 10.6 Å². The van der Waals surface area contributed by atoms with E-state index in [1.54, 1.807) is 22.7 Å². The lowest BCUT2D eigenvalue weighted by molar-refractivity contribution is 1.35. The Morgan fingerprint density at radius 1 is 0.842 bits per heavy atom. The van der Waals surface area contributed by atoms with Crippen molar-refractivity contribution >= 4 is 43.1 Å². The molecule has 0 aliphatic rings. The Kier molecular flexibility index (Phi) is 2.40. The third-order valence-corrected chi connectivity index (χ3v) is 5.03. The van der Waals surface area contributed by atoms with Crippen LogP contribution >= 0.6 is 22.7 Å². The Labute approximate surface area is 118 Å². The maximum atomic E-state index is 4.73. The molecule has 0 aliphatic heterocycles. The molecule has 4 heteroatoms. The van der Waals surface area contributed by atoms with Crippen molar-refractivity contribution < 1.29 is 0 Å². The van der Waals surface area contributed by atoms with E-state index in [4.69, 9.17) is 4.98 Å². The van der Waals surface area contributed by atoms with E-state index in [2.05, 4.69) is 29.2 Å². The van der Waals surface area contributed by atoms with Crippen LogP contribution in [0, 0.1) is 6.92 Å². The lowest BCUT2D eigenvalue weighted by atomic mass is 10.2. The topological polar surface area (TPSA) is 25.8 Å². The fraction of sp³-hybridized carbons (Fsp3) is 0.0667. The van der Waals surface area contributed by atoms with Crippen LogP contribution in [0.3, 0.4) is 0 Å². The molecule has 0 unspecified atom stereocenters. The van der Waals surface area contributed by atoms with Crippen molar-refractivity contribution in [1.82, 2.24) is 9.97 Å². The summed E-state index contributed by atoms with van der Waals surface area (Å²) in [6.45, 7) is 2.04. The van der Waals surface area contributed by atoms with Gasteiger partial charge >= 0.3 is 0 Å². The van der Waals surface area contributed by atoms with E-state index in [0.717, 1.165) is 21.0 Å². The Hall–Kier alpha value is -1.78. The summed E-state index contributed by atoms with van der Waals surface area (Å²) >= 11 is 3.48. The van der Waals surface area contributed by atoms with E-state index in [1.165, 1.54) is 15.0 Å². The van der Waals surface area contributed by atoms with Crippen molar-refractivity contribution in [2.45, 2.75) is 6.92 Å². The molecule has 4 rings (SSSR count). The SMILES string of the molecule is Cc1nc2cc3nc(-c4ccccc4)sc3cc2s1. The molecule has 92 valence electrons. The van der Waals surface area contributed by atoms with Gasteiger partial charge in [0.25, 0.3) is 0 Å². The molecule has 0 radical (unpaired) electrons. The average Bonchev–Trinajstić information content (AvgIpc) is 2.98. The second-order valence-electron chi connectivity index (χ2n) is 4.41. The number of rotatable bonds is 1. The van der Waals surface area contributed by atoms with Gasteiger partial charge in [0.2, 0.25) is 0 Å². The van der Waals surface area contributed by atoms with Crippen LogP contribution in [0.15, 0.2) is 42.5 Å². The third-order valence-electron chi connectivity index (χ3n) is 3.03. The van der Waals surface area contributed by atoms with Gasteiger partial charge in [-0.3, -0.25) is 0 Å². The minimum atomic E-state index is 1.04. The second kappa shape index (κ2) is 4.11. The summed E-state index contributed by atoms with van der Waals surface area (Å²) in [7, 11) is 0. The van der Waals surface area contributed by atoms with Gasteiger partial charge in [-0.2, -0.15) is 0 Å². The van der Waals surface area contributed by atoms with E-state index < -0.39 is 0 Å². The summed E-state index contributed by atoms with van der Waals surface area (Å²) < 4.78 is 2.48. The summed E-state index contributed by atoms with van der Waals surface area (Å²) in [5.74, 6) is 0. The first kappa shape index (κ1) is 11.1. The molecule has 0 spiro atoms. The summed E-state index contributed by atoms with van der Waals surface area (Å²) in [5.41, 5.74) is 3.28. The minimum absolute atomic E-state index is 1.04. The molecular weight excluding hydrogens is 272 g/mol. The number of nitrogens with zero attached hydrogens (tertiary/aromatic N) is 2. The Morgan fingerprint density at radius 3 is 2.42 bits per heavy atom. The number of benzene rings is 2. The fourth-order valence-electron chi connectivity index (χ4n) is 2.17. The lowest BCUT2D eigenvalue weighted by Gasteiger charge is -1.92. The predicted molar refractivity (Wildman–Crippen MR) is 83.0 cm³/mol. The normalized spacial score (nSPS) is 11.4. The minimum Gasteiger partial charge on any atom is -0.241 e. The lowest BCUT2D eigenvalue weighted by Crippen LogP contribution is -1.74. The van der Waals surface area contributed by atoms with Crippen LogP contribution in [0.2, 0.25) is 0 Å². The van der Waals surface area contributed by atoms with Gasteiger partial charge in [-0.05, 0) is 19.1 Å². The first-order valence-electron chi connectivity index (χ1n) is 6.03. The molecule has 0 amide bonds. The highest BCUT2D eigenvalue weighted by molar-refractivity contribution is 7.22. The highest BCUT2D eigenvalue weighted by Crippen LogP contribution is 2.34. The molecule has 19 heavy (non-hydrogen) atoms. The highest BCUT2D eigenvalue weighted by Gasteiger charge is 2.09. The van der Waals surface area contributed by atoms with Crippen molar-refractivity contribution in [1.29, 1.82) is 0 Å². The molecule has 0 fully saturated rings. The standard InChI is InChI=1S/C15H10N2S2/c1-9-16-11-7-12-14(8-13(11)18-9)19-15(17-12)10-5-3-2-4-6-10/h2-8H,1H3. The zero-order valence-corrected chi connectivity index (χ0v) is 11.9. The molecule has 2 nitrogen and oxygen atoms in total. The summed E-state index contributed by atoms with van der Waals surface area (Å²) in [4.78, 5) is 9.25. The van der Waals surface area contributed by atoms with E-state index in [-0.39, 0.29) is 0 Å². The van der Waals surface area contributed by atoms with Crippen LogP contribution in [0.1, 0.15) is 5.01 Å². The maximum Gasteiger partial charge on any atom is 0.124 e. The van der Waals surface area contributed by atoms with Gasteiger partial charge in [0.1, 0.15) is 5.01 Å². The van der Waals surface area contributed by atoms with Crippen molar-refractivity contribution in [2.75, 3.05) is 0 Å². The van der Waals surface area contributed by atoms with E-state index in [0.29, 0.717) is 0 Å². The van der Waals surface area contributed by atoms with Gasteiger partial charge in [-0.25, -0.2) is 9.97 Å². The number of aryl methyl sites for hydroxylation is 1. The molecule has 4 aromatic rings. The van der Waals surface area contributed by atoms with Gasteiger partial charge in [-0.15, -0.1) is 22.7 Å². The van der Waals surface area contributed by atoms with Gasteiger partial charge in [0.15, 0.2) is 0 Å². The van der Waals surface area contributed by atoms with Gasteiger partial charge in [0, 0.05) is 5.56 Å². The maximum absolute atomic E-state index is 4.73. The van der Waals surface area contributed by atoms with E-state index >= 15 is 0 Å². The van der Waals surface area contributed by atoms with Crippen molar-refractivity contribution in [3.63, 3.8) is 0 Å². The van der Waals surface area contributed by atoms with Gasteiger partial charge < -0.3 is 0 Å².